The minimum Gasteiger partial charge on any atom is -0.379 e. The third-order valence-electron chi connectivity index (χ3n) is 3.79. The summed E-state index contributed by atoms with van der Waals surface area (Å²) >= 11 is 0. The van der Waals surface area contributed by atoms with Crippen molar-refractivity contribution in [1.82, 2.24) is 5.32 Å². The van der Waals surface area contributed by atoms with E-state index in [4.69, 9.17) is 10.5 Å². The van der Waals surface area contributed by atoms with Crippen LogP contribution < -0.4 is 11.1 Å². The molecule has 0 radical (unpaired) electrons. The molecular weight excluding hydrogens is 204 g/mol. The zero-order chi connectivity index (χ0) is 11.6. The van der Waals surface area contributed by atoms with Crippen LogP contribution in [0.5, 0.6) is 0 Å². The van der Waals surface area contributed by atoms with Crippen molar-refractivity contribution in [3.05, 3.63) is 0 Å². The Morgan fingerprint density at radius 3 is 2.62 bits per heavy atom. The average Bonchev–Trinajstić information content (AvgIpc) is 2.65. The highest BCUT2D eigenvalue weighted by molar-refractivity contribution is 5.79. The number of rotatable bonds is 2. The van der Waals surface area contributed by atoms with Crippen LogP contribution in [0.1, 0.15) is 39.0 Å². The van der Waals surface area contributed by atoms with Gasteiger partial charge in [-0.05, 0) is 39.0 Å². The summed E-state index contributed by atoms with van der Waals surface area (Å²) in [5.74, 6) is 0.358. The zero-order valence-corrected chi connectivity index (χ0v) is 10.00. The summed E-state index contributed by atoms with van der Waals surface area (Å²) < 4.78 is 5.33. The Morgan fingerprint density at radius 1 is 1.38 bits per heavy atom. The summed E-state index contributed by atoms with van der Waals surface area (Å²) in [7, 11) is 0. The van der Waals surface area contributed by atoms with Gasteiger partial charge in [0, 0.05) is 18.6 Å². The molecule has 3 N–H and O–H groups in total. The summed E-state index contributed by atoms with van der Waals surface area (Å²) in [6, 6.07) is 0.300. The van der Waals surface area contributed by atoms with Crippen LogP contribution in [0.25, 0.3) is 0 Å². The Balaban J connectivity index is 1.83. The predicted octanol–water partition coefficient (Wildman–Crippen LogP) is 0.799. The fourth-order valence-corrected chi connectivity index (χ4v) is 2.55. The molecule has 1 saturated carbocycles. The van der Waals surface area contributed by atoms with Gasteiger partial charge in [-0.1, -0.05) is 0 Å². The van der Waals surface area contributed by atoms with Crippen molar-refractivity contribution in [3.63, 3.8) is 0 Å². The van der Waals surface area contributed by atoms with Gasteiger partial charge in [0.05, 0.1) is 12.1 Å². The van der Waals surface area contributed by atoms with Gasteiger partial charge in [0.1, 0.15) is 0 Å². The summed E-state index contributed by atoms with van der Waals surface area (Å²) in [4.78, 5) is 12.1. The van der Waals surface area contributed by atoms with Crippen LogP contribution in [-0.2, 0) is 9.53 Å². The van der Waals surface area contributed by atoms with Gasteiger partial charge in [0.2, 0.25) is 5.91 Å². The predicted molar refractivity (Wildman–Crippen MR) is 61.9 cm³/mol. The van der Waals surface area contributed by atoms with E-state index in [1.807, 2.05) is 0 Å². The minimum atomic E-state index is -0.142. The Hall–Kier alpha value is -0.610. The number of nitrogens with two attached hydrogens (primary N) is 1. The molecule has 2 fully saturated rings. The maximum atomic E-state index is 12.1. The molecule has 1 aliphatic heterocycles. The Morgan fingerprint density at radius 2 is 2.06 bits per heavy atom. The lowest BCUT2D eigenvalue weighted by Gasteiger charge is -2.30. The molecule has 0 aromatic rings. The van der Waals surface area contributed by atoms with Gasteiger partial charge in [0.25, 0.3) is 0 Å². The molecule has 16 heavy (non-hydrogen) atoms. The summed E-state index contributed by atoms with van der Waals surface area (Å²) in [6.07, 6.45) is 4.75. The van der Waals surface area contributed by atoms with Crippen molar-refractivity contribution in [3.8, 4) is 0 Å². The lowest BCUT2D eigenvalue weighted by molar-refractivity contribution is -0.127. The molecule has 0 bridgehead atoms. The molecule has 1 amide bonds. The summed E-state index contributed by atoms with van der Waals surface area (Å²) in [5, 5.41) is 3.14. The van der Waals surface area contributed by atoms with E-state index < -0.39 is 0 Å². The molecule has 0 spiro atoms. The first-order valence-corrected chi connectivity index (χ1v) is 6.24. The number of hydrogen-bond acceptors (Lipinski definition) is 3. The SMILES string of the molecule is CC1(NC(=O)C2CCC(N)CC2)CCOC1. The maximum Gasteiger partial charge on any atom is 0.223 e. The number of amides is 1. The molecule has 2 rings (SSSR count). The first kappa shape index (κ1) is 11.9. The maximum absolute atomic E-state index is 12.1. The van der Waals surface area contributed by atoms with Gasteiger partial charge in [-0.15, -0.1) is 0 Å². The Kier molecular flexibility index (Phi) is 3.50. The van der Waals surface area contributed by atoms with Crippen LogP contribution in [0.3, 0.4) is 0 Å². The molecule has 1 heterocycles. The largest absolute Gasteiger partial charge is 0.379 e. The molecule has 1 atom stereocenters. The van der Waals surface area contributed by atoms with Crippen LogP contribution in [0.4, 0.5) is 0 Å². The first-order chi connectivity index (χ1) is 7.59. The van der Waals surface area contributed by atoms with E-state index in [-0.39, 0.29) is 17.4 Å². The molecule has 1 saturated heterocycles. The third kappa shape index (κ3) is 2.74. The number of carbonyl (C=O) groups is 1. The van der Waals surface area contributed by atoms with Crippen LogP contribution >= 0.6 is 0 Å². The second-order valence-corrected chi connectivity index (χ2v) is 5.46. The first-order valence-electron chi connectivity index (χ1n) is 6.24. The zero-order valence-electron chi connectivity index (χ0n) is 10.00. The highest BCUT2D eigenvalue weighted by Gasteiger charge is 2.34. The van der Waals surface area contributed by atoms with Gasteiger partial charge in [-0.2, -0.15) is 0 Å². The van der Waals surface area contributed by atoms with E-state index in [2.05, 4.69) is 12.2 Å². The lowest BCUT2D eigenvalue weighted by Crippen LogP contribution is -2.49. The van der Waals surface area contributed by atoms with E-state index >= 15 is 0 Å². The number of nitrogens with one attached hydrogen (secondary N) is 1. The van der Waals surface area contributed by atoms with Crippen molar-refractivity contribution < 1.29 is 9.53 Å². The average molecular weight is 226 g/mol. The normalized spacial score (nSPS) is 39.6. The van der Waals surface area contributed by atoms with Crippen molar-refractivity contribution in [2.45, 2.75) is 50.6 Å². The van der Waals surface area contributed by atoms with E-state index in [0.29, 0.717) is 12.6 Å². The standard InChI is InChI=1S/C12H22N2O2/c1-12(6-7-16-8-12)14-11(15)9-2-4-10(13)5-3-9/h9-10H,2-8,13H2,1H3,(H,14,15). The monoisotopic (exact) mass is 226 g/mol. The second kappa shape index (κ2) is 4.72. The van der Waals surface area contributed by atoms with Crippen molar-refractivity contribution >= 4 is 5.91 Å². The topological polar surface area (TPSA) is 64.4 Å². The molecule has 1 aliphatic carbocycles. The molecule has 2 aliphatic rings. The fourth-order valence-electron chi connectivity index (χ4n) is 2.55. The van der Waals surface area contributed by atoms with Crippen LogP contribution in [-0.4, -0.2) is 30.7 Å². The molecule has 92 valence electrons. The molecule has 4 heteroatoms. The summed E-state index contributed by atoms with van der Waals surface area (Å²) in [5.41, 5.74) is 5.69. The van der Waals surface area contributed by atoms with Crippen LogP contribution in [0.2, 0.25) is 0 Å². The molecular formula is C12H22N2O2. The summed E-state index contributed by atoms with van der Waals surface area (Å²) in [6.45, 7) is 3.46. The number of hydrogen-bond donors (Lipinski definition) is 2. The van der Waals surface area contributed by atoms with Gasteiger partial charge >= 0.3 is 0 Å². The highest BCUT2D eigenvalue weighted by atomic mass is 16.5. The van der Waals surface area contributed by atoms with Crippen LogP contribution in [0, 0.1) is 5.92 Å². The van der Waals surface area contributed by atoms with E-state index in [1.165, 1.54) is 0 Å². The number of ether oxygens (including phenoxy) is 1. The number of carbonyl (C=O) groups excluding carboxylic acids is 1. The van der Waals surface area contributed by atoms with Crippen molar-refractivity contribution in [2.75, 3.05) is 13.2 Å². The molecule has 0 aromatic carbocycles. The smallest absolute Gasteiger partial charge is 0.223 e. The Labute approximate surface area is 96.9 Å². The molecule has 4 nitrogen and oxygen atoms in total. The van der Waals surface area contributed by atoms with Crippen LogP contribution in [0.15, 0.2) is 0 Å². The highest BCUT2D eigenvalue weighted by Crippen LogP contribution is 2.25. The van der Waals surface area contributed by atoms with Crippen molar-refractivity contribution in [1.29, 1.82) is 0 Å². The van der Waals surface area contributed by atoms with Gasteiger partial charge in [-0.25, -0.2) is 0 Å². The quantitative estimate of drug-likeness (QED) is 0.732. The molecule has 0 aromatic heterocycles. The van der Waals surface area contributed by atoms with E-state index in [1.54, 1.807) is 0 Å². The van der Waals surface area contributed by atoms with Crippen molar-refractivity contribution in [2.24, 2.45) is 11.7 Å². The van der Waals surface area contributed by atoms with Gasteiger partial charge < -0.3 is 15.8 Å². The van der Waals surface area contributed by atoms with Gasteiger partial charge in [0.15, 0.2) is 0 Å². The second-order valence-electron chi connectivity index (χ2n) is 5.46. The molecule has 1 unspecified atom stereocenters. The fraction of sp³-hybridized carbons (Fsp3) is 0.917. The lowest BCUT2D eigenvalue weighted by atomic mass is 9.85. The van der Waals surface area contributed by atoms with E-state index in [0.717, 1.165) is 38.7 Å². The van der Waals surface area contributed by atoms with Gasteiger partial charge in [-0.3, -0.25) is 4.79 Å². The minimum absolute atomic E-state index is 0.142. The Bertz CT molecular complexity index is 254. The van der Waals surface area contributed by atoms with E-state index in [9.17, 15) is 4.79 Å². The third-order valence-corrected chi connectivity index (χ3v) is 3.79.